The minimum atomic E-state index is -1.17. The predicted molar refractivity (Wildman–Crippen MR) is 115 cm³/mol. The number of ether oxygens (including phenoxy) is 1. The minimum absolute atomic E-state index is 0.00854. The topological polar surface area (TPSA) is 94.3 Å². The molecule has 0 saturated heterocycles. The summed E-state index contributed by atoms with van der Waals surface area (Å²) in [4.78, 5) is 27.4. The molecule has 0 aliphatic carbocycles. The molecule has 0 aliphatic rings. The van der Waals surface area contributed by atoms with Crippen LogP contribution in [0.4, 0.5) is 4.39 Å². The molecule has 0 aliphatic heterocycles. The Labute approximate surface area is 183 Å². The number of aromatic nitrogens is 3. The maximum Gasteiger partial charge on any atom is 0.354 e. The van der Waals surface area contributed by atoms with Crippen molar-refractivity contribution in [2.24, 2.45) is 0 Å². The van der Waals surface area contributed by atoms with Crippen LogP contribution in [0.3, 0.4) is 0 Å². The van der Waals surface area contributed by atoms with Gasteiger partial charge in [-0.2, -0.15) is 5.10 Å². The molecule has 4 rings (SSSR count). The van der Waals surface area contributed by atoms with Gasteiger partial charge in [0.15, 0.2) is 0 Å². The van der Waals surface area contributed by atoms with Crippen molar-refractivity contribution in [1.29, 1.82) is 0 Å². The Kier molecular flexibility index (Phi) is 5.93. The molecule has 0 unspecified atom stereocenters. The Morgan fingerprint density at radius 1 is 1.06 bits per heavy atom. The third-order valence-electron chi connectivity index (χ3n) is 5.13. The van der Waals surface area contributed by atoms with Crippen molar-refractivity contribution in [2.45, 2.75) is 19.4 Å². The first-order valence-corrected chi connectivity index (χ1v) is 9.89. The number of Topliss-reactive ketones (excluding diaryl/α,β-unsaturated/α-hetero) is 1. The van der Waals surface area contributed by atoms with E-state index >= 15 is 0 Å². The highest BCUT2D eigenvalue weighted by atomic mass is 19.1. The zero-order valence-corrected chi connectivity index (χ0v) is 17.3. The van der Waals surface area contributed by atoms with Crippen LogP contribution in [0.5, 0.6) is 5.75 Å². The summed E-state index contributed by atoms with van der Waals surface area (Å²) in [6.45, 7) is 0.488. The monoisotopic (exact) mass is 433 g/mol. The fourth-order valence-electron chi connectivity index (χ4n) is 3.51. The van der Waals surface area contributed by atoms with Gasteiger partial charge in [0, 0.05) is 24.4 Å². The number of hydrogen-bond donors (Lipinski definition) is 1. The zero-order chi connectivity index (χ0) is 22.7. The normalized spacial score (nSPS) is 10.9. The Bertz CT molecular complexity index is 1300. The molecule has 2 aromatic heterocycles. The van der Waals surface area contributed by atoms with E-state index in [1.165, 1.54) is 18.3 Å². The number of carbonyl (C=O) groups is 2. The molecule has 162 valence electrons. The molecule has 4 aromatic rings. The maximum atomic E-state index is 14.6. The lowest BCUT2D eigenvalue weighted by Crippen LogP contribution is -2.10. The third kappa shape index (κ3) is 4.64. The van der Waals surface area contributed by atoms with Gasteiger partial charge < -0.3 is 9.84 Å². The van der Waals surface area contributed by atoms with Gasteiger partial charge in [-0.15, -0.1) is 0 Å². The summed E-state index contributed by atoms with van der Waals surface area (Å²) in [6, 6.07) is 13.5. The van der Waals surface area contributed by atoms with E-state index in [0.717, 1.165) is 16.8 Å². The Hall–Kier alpha value is -4.07. The van der Waals surface area contributed by atoms with Crippen LogP contribution < -0.4 is 4.74 Å². The first kappa shape index (κ1) is 21.2. The van der Waals surface area contributed by atoms with E-state index in [4.69, 9.17) is 9.84 Å². The molecule has 0 amide bonds. The number of nitrogens with zero attached hydrogens (tertiary/aromatic N) is 3. The second-order valence-corrected chi connectivity index (χ2v) is 7.40. The van der Waals surface area contributed by atoms with E-state index in [1.54, 1.807) is 30.1 Å². The van der Waals surface area contributed by atoms with E-state index in [9.17, 15) is 14.0 Å². The van der Waals surface area contributed by atoms with E-state index in [1.807, 2.05) is 24.3 Å². The summed E-state index contributed by atoms with van der Waals surface area (Å²) in [7, 11) is 1.60. The van der Waals surface area contributed by atoms with Gasteiger partial charge in [-0.05, 0) is 53.1 Å². The van der Waals surface area contributed by atoms with Crippen molar-refractivity contribution in [3.8, 4) is 5.75 Å². The van der Waals surface area contributed by atoms with Gasteiger partial charge in [0.1, 0.15) is 23.0 Å². The molecule has 2 heterocycles. The quantitative estimate of drug-likeness (QED) is 0.456. The van der Waals surface area contributed by atoms with Gasteiger partial charge in [0.05, 0.1) is 25.4 Å². The summed E-state index contributed by atoms with van der Waals surface area (Å²) in [5, 5.41) is 14.0. The molecule has 0 atom stereocenters. The van der Waals surface area contributed by atoms with Gasteiger partial charge in [0.2, 0.25) is 0 Å². The first-order valence-electron chi connectivity index (χ1n) is 9.89. The molecule has 7 nitrogen and oxygen atoms in total. The van der Waals surface area contributed by atoms with Crippen LogP contribution in [0.25, 0.3) is 10.9 Å². The predicted octanol–water partition coefficient (Wildman–Crippen LogP) is 3.68. The van der Waals surface area contributed by atoms with Crippen LogP contribution in [0.2, 0.25) is 0 Å². The highest BCUT2D eigenvalue weighted by molar-refractivity contribution is 5.88. The average molecular weight is 433 g/mol. The molecule has 0 radical (unpaired) electrons. The molecule has 2 aromatic carbocycles. The first-order chi connectivity index (χ1) is 15.4. The zero-order valence-electron chi connectivity index (χ0n) is 17.3. The second kappa shape index (κ2) is 8.97. The highest BCUT2D eigenvalue weighted by Crippen LogP contribution is 2.22. The third-order valence-corrected chi connectivity index (χ3v) is 5.13. The lowest BCUT2D eigenvalue weighted by atomic mass is 10.0. The van der Waals surface area contributed by atoms with Crippen LogP contribution >= 0.6 is 0 Å². The molecule has 1 N–H and O–H groups in total. The number of carboxylic acids is 1. The van der Waals surface area contributed by atoms with Gasteiger partial charge in [-0.25, -0.2) is 14.2 Å². The van der Waals surface area contributed by atoms with Crippen molar-refractivity contribution in [3.05, 3.63) is 89.1 Å². The second-order valence-electron chi connectivity index (χ2n) is 7.40. The smallest absolute Gasteiger partial charge is 0.354 e. The van der Waals surface area contributed by atoms with Crippen molar-refractivity contribution >= 4 is 22.7 Å². The number of methoxy groups -OCH3 is 1. The summed E-state index contributed by atoms with van der Waals surface area (Å²) >= 11 is 0. The number of benzene rings is 2. The SMILES string of the molecule is COc1ccc(Cn2ncc3cc(F)c(CC(=O)Cc4ccnc(C(=O)O)c4)cc32)cc1. The van der Waals surface area contributed by atoms with Crippen LogP contribution in [0, 0.1) is 5.82 Å². The fraction of sp³-hybridized carbons (Fsp3) is 0.167. The van der Waals surface area contributed by atoms with Crippen molar-refractivity contribution in [3.63, 3.8) is 0 Å². The number of carbonyl (C=O) groups excluding carboxylic acids is 1. The number of aromatic carboxylic acids is 1. The molecule has 8 heteroatoms. The molecule has 0 fully saturated rings. The van der Waals surface area contributed by atoms with E-state index in [2.05, 4.69) is 10.1 Å². The number of rotatable bonds is 8. The van der Waals surface area contributed by atoms with Crippen molar-refractivity contribution in [2.75, 3.05) is 7.11 Å². The van der Waals surface area contributed by atoms with E-state index in [-0.39, 0.29) is 29.9 Å². The van der Waals surface area contributed by atoms with Crippen molar-refractivity contribution < 1.29 is 23.8 Å². The molecule has 0 saturated carbocycles. The number of ketones is 1. The summed E-state index contributed by atoms with van der Waals surface area (Å²) in [6.07, 6.45) is 2.82. The lowest BCUT2D eigenvalue weighted by Gasteiger charge is -2.08. The van der Waals surface area contributed by atoms with Crippen LogP contribution in [0.15, 0.2) is 60.9 Å². The van der Waals surface area contributed by atoms with Gasteiger partial charge in [0.25, 0.3) is 0 Å². The number of halogens is 1. The average Bonchev–Trinajstić information content (AvgIpc) is 3.15. The van der Waals surface area contributed by atoms with Crippen LogP contribution in [0.1, 0.15) is 27.2 Å². The van der Waals surface area contributed by atoms with Gasteiger partial charge in [-0.3, -0.25) is 9.48 Å². The van der Waals surface area contributed by atoms with Crippen molar-refractivity contribution in [1.82, 2.24) is 14.8 Å². The maximum absolute atomic E-state index is 14.6. The Morgan fingerprint density at radius 2 is 1.84 bits per heavy atom. The molecular weight excluding hydrogens is 413 g/mol. The van der Waals surface area contributed by atoms with E-state index in [0.29, 0.717) is 17.5 Å². The minimum Gasteiger partial charge on any atom is -0.497 e. The summed E-state index contributed by atoms with van der Waals surface area (Å²) in [5.41, 5.74) is 2.39. The van der Waals surface area contributed by atoms with Crippen LogP contribution in [-0.2, 0) is 24.2 Å². The van der Waals surface area contributed by atoms with Crippen LogP contribution in [-0.4, -0.2) is 38.7 Å². The Morgan fingerprint density at radius 3 is 2.56 bits per heavy atom. The lowest BCUT2D eigenvalue weighted by molar-refractivity contribution is -0.117. The molecular formula is C24H20FN3O4. The largest absolute Gasteiger partial charge is 0.497 e. The highest BCUT2D eigenvalue weighted by Gasteiger charge is 2.14. The Balaban J connectivity index is 1.54. The number of pyridine rings is 1. The molecule has 32 heavy (non-hydrogen) atoms. The summed E-state index contributed by atoms with van der Waals surface area (Å²) in [5.74, 6) is -1.12. The van der Waals surface area contributed by atoms with Gasteiger partial charge >= 0.3 is 5.97 Å². The standard InChI is InChI=1S/C24H20FN3O4/c1-32-20-4-2-15(3-5-20)14-28-23-12-17(21(25)11-18(23)13-27-28)10-19(29)8-16-6-7-26-22(9-16)24(30)31/h2-7,9,11-13H,8,10,14H2,1H3,(H,30,31). The van der Waals surface area contributed by atoms with E-state index < -0.39 is 11.8 Å². The molecule has 0 bridgehead atoms. The number of hydrogen-bond acceptors (Lipinski definition) is 5. The van der Waals surface area contributed by atoms with Gasteiger partial charge in [-0.1, -0.05) is 12.1 Å². The number of carboxylic acid groups (broad SMARTS) is 1. The summed E-state index contributed by atoms with van der Waals surface area (Å²) < 4.78 is 21.5. The molecule has 0 spiro atoms. The number of fused-ring (bicyclic) bond motifs is 1. The fourth-order valence-corrected chi connectivity index (χ4v) is 3.51.